The highest BCUT2D eigenvalue weighted by Gasteiger charge is 2.47. The first-order valence-electron chi connectivity index (χ1n) is 5.94. The highest BCUT2D eigenvalue weighted by atomic mass is 32.2. The van der Waals surface area contributed by atoms with Crippen LogP contribution in [-0.4, -0.2) is 30.5 Å². The third-order valence-electron chi connectivity index (χ3n) is 3.61. The van der Waals surface area contributed by atoms with Gasteiger partial charge >= 0.3 is 5.97 Å². The van der Waals surface area contributed by atoms with Crippen LogP contribution in [0.1, 0.15) is 31.2 Å². The quantitative estimate of drug-likeness (QED) is 0.876. The Labute approximate surface area is 115 Å². The molecule has 2 unspecified atom stereocenters. The van der Waals surface area contributed by atoms with Gasteiger partial charge in [-0.3, -0.25) is 4.79 Å². The van der Waals surface area contributed by atoms with Gasteiger partial charge in [0.15, 0.2) is 4.21 Å². The molecule has 0 saturated heterocycles. The Bertz CT molecular complexity index is 596. The summed E-state index contributed by atoms with van der Waals surface area (Å²) in [6, 6.07) is -0.572. The predicted molar refractivity (Wildman–Crippen MR) is 70.6 cm³/mol. The number of aliphatic carboxylic acids is 1. The van der Waals surface area contributed by atoms with E-state index >= 15 is 0 Å². The first-order chi connectivity index (χ1) is 8.75. The average Bonchev–Trinajstić information content (AvgIpc) is 2.87. The van der Waals surface area contributed by atoms with Crippen LogP contribution in [0.15, 0.2) is 10.4 Å². The van der Waals surface area contributed by atoms with Gasteiger partial charge < -0.3 is 5.11 Å². The molecule has 1 aromatic rings. The average molecular weight is 304 g/mol. The largest absolute Gasteiger partial charge is 0.481 e. The third-order valence-corrected chi connectivity index (χ3v) is 6.45. The second-order valence-corrected chi connectivity index (χ2v) is 8.16. The van der Waals surface area contributed by atoms with Crippen LogP contribution in [0.5, 0.6) is 0 Å². The molecular weight excluding hydrogens is 288 g/mol. The minimum atomic E-state index is -3.68. The summed E-state index contributed by atoms with van der Waals surface area (Å²) in [5, 5.41) is 9.93. The number of carbonyl (C=O) groups is 1. The van der Waals surface area contributed by atoms with Gasteiger partial charge in [-0.2, -0.15) is 0 Å². The van der Waals surface area contributed by atoms with Crippen molar-refractivity contribution in [3.63, 3.8) is 0 Å². The van der Waals surface area contributed by atoms with Gasteiger partial charge in [0.2, 0.25) is 0 Å². The van der Waals surface area contributed by atoms with E-state index in [9.17, 15) is 18.3 Å². The molecule has 2 N–H and O–H groups in total. The number of hydrogen-bond acceptors (Lipinski definition) is 5. The van der Waals surface area contributed by atoms with Crippen molar-refractivity contribution in [2.75, 3.05) is 0 Å². The molecule has 106 valence electrons. The number of nitrogens with zero attached hydrogens (tertiary/aromatic N) is 1. The first kappa shape index (κ1) is 14.4. The molecule has 1 fully saturated rings. The topological polar surface area (TPSA) is 96.4 Å². The second kappa shape index (κ2) is 4.84. The normalized spacial score (nSPS) is 27.6. The smallest absolute Gasteiger partial charge is 0.310 e. The maximum atomic E-state index is 12.2. The summed E-state index contributed by atoms with van der Waals surface area (Å²) < 4.78 is 27.0. The number of nitrogens with one attached hydrogen (secondary N) is 1. The van der Waals surface area contributed by atoms with Gasteiger partial charge in [0.05, 0.1) is 16.6 Å². The number of thiazole rings is 1. The molecule has 0 aromatic carbocycles. The van der Waals surface area contributed by atoms with Gasteiger partial charge in [-0.05, 0) is 26.7 Å². The lowest BCUT2D eigenvalue weighted by molar-refractivity contribution is -0.148. The molecule has 0 radical (unpaired) electrons. The van der Waals surface area contributed by atoms with Gasteiger partial charge in [0, 0.05) is 6.04 Å². The molecule has 1 aromatic heterocycles. The van der Waals surface area contributed by atoms with E-state index < -0.39 is 27.4 Å². The molecule has 2 rings (SSSR count). The van der Waals surface area contributed by atoms with E-state index in [0.717, 1.165) is 11.3 Å². The highest BCUT2D eigenvalue weighted by Crippen LogP contribution is 2.39. The summed E-state index contributed by atoms with van der Waals surface area (Å²) in [5.74, 6) is -0.960. The van der Waals surface area contributed by atoms with Gasteiger partial charge in [-0.1, -0.05) is 6.42 Å². The lowest BCUT2D eigenvalue weighted by Gasteiger charge is -2.27. The zero-order chi connectivity index (χ0) is 14.3. The Morgan fingerprint density at radius 1 is 1.63 bits per heavy atom. The minimum absolute atomic E-state index is 0.129. The van der Waals surface area contributed by atoms with E-state index in [2.05, 4.69) is 9.71 Å². The van der Waals surface area contributed by atoms with E-state index in [0.29, 0.717) is 24.3 Å². The molecule has 1 saturated carbocycles. The van der Waals surface area contributed by atoms with Crippen molar-refractivity contribution >= 4 is 27.3 Å². The Hall–Kier alpha value is -0.990. The van der Waals surface area contributed by atoms with Crippen molar-refractivity contribution in [3.8, 4) is 0 Å². The van der Waals surface area contributed by atoms with Crippen LogP contribution in [0.4, 0.5) is 0 Å². The third kappa shape index (κ3) is 2.65. The Morgan fingerprint density at radius 2 is 2.32 bits per heavy atom. The summed E-state index contributed by atoms with van der Waals surface area (Å²) in [6.45, 7) is 3.31. The molecule has 1 heterocycles. The fourth-order valence-electron chi connectivity index (χ4n) is 2.32. The molecule has 1 aliphatic rings. The lowest BCUT2D eigenvalue weighted by atomic mass is 9.85. The predicted octanol–water partition coefficient (Wildman–Crippen LogP) is 1.37. The van der Waals surface area contributed by atoms with Gasteiger partial charge in [-0.15, -0.1) is 11.3 Å². The second-order valence-electron chi connectivity index (χ2n) is 4.99. The van der Waals surface area contributed by atoms with Gasteiger partial charge in [-0.25, -0.2) is 18.1 Å². The maximum Gasteiger partial charge on any atom is 0.310 e. The molecule has 1 aliphatic carbocycles. The SMILES string of the molecule is Cc1ncc(S(=O)(=O)NC2CCCC2(C)C(=O)O)s1. The van der Waals surface area contributed by atoms with Crippen LogP contribution in [-0.2, 0) is 14.8 Å². The van der Waals surface area contributed by atoms with E-state index in [-0.39, 0.29) is 4.21 Å². The zero-order valence-electron chi connectivity index (χ0n) is 10.7. The van der Waals surface area contributed by atoms with Crippen molar-refractivity contribution in [1.29, 1.82) is 0 Å². The van der Waals surface area contributed by atoms with Gasteiger partial charge in [0.1, 0.15) is 0 Å². The fraction of sp³-hybridized carbons (Fsp3) is 0.636. The summed E-state index contributed by atoms with van der Waals surface area (Å²) in [5.41, 5.74) is -1.03. The maximum absolute atomic E-state index is 12.2. The lowest BCUT2D eigenvalue weighted by Crippen LogP contribution is -2.46. The molecule has 0 aliphatic heterocycles. The van der Waals surface area contributed by atoms with Crippen LogP contribution in [0.2, 0.25) is 0 Å². The van der Waals surface area contributed by atoms with Crippen molar-refractivity contribution in [1.82, 2.24) is 9.71 Å². The van der Waals surface area contributed by atoms with Crippen LogP contribution >= 0.6 is 11.3 Å². The summed E-state index contributed by atoms with van der Waals surface area (Å²) in [7, 11) is -3.68. The van der Waals surface area contributed by atoms with E-state index in [1.165, 1.54) is 6.20 Å². The van der Waals surface area contributed by atoms with Crippen LogP contribution in [0, 0.1) is 12.3 Å². The number of aromatic nitrogens is 1. The van der Waals surface area contributed by atoms with Crippen LogP contribution in [0.25, 0.3) is 0 Å². The highest BCUT2D eigenvalue weighted by molar-refractivity contribution is 7.91. The molecule has 0 amide bonds. The Morgan fingerprint density at radius 3 is 2.84 bits per heavy atom. The minimum Gasteiger partial charge on any atom is -0.481 e. The number of sulfonamides is 1. The van der Waals surface area contributed by atoms with E-state index in [1.54, 1.807) is 13.8 Å². The van der Waals surface area contributed by atoms with E-state index in [4.69, 9.17) is 0 Å². The van der Waals surface area contributed by atoms with Crippen molar-refractivity contribution < 1.29 is 18.3 Å². The first-order valence-corrected chi connectivity index (χ1v) is 8.24. The number of carboxylic acid groups (broad SMARTS) is 1. The molecule has 6 nitrogen and oxygen atoms in total. The molecule has 0 spiro atoms. The molecule has 0 bridgehead atoms. The Balaban J connectivity index is 2.23. The molecule has 8 heteroatoms. The number of aryl methyl sites for hydroxylation is 1. The Kier molecular flexibility index (Phi) is 3.67. The van der Waals surface area contributed by atoms with Crippen molar-refractivity contribution in [2.45, 2.75) is 43.4 Å². The fourth-order valence-corrected chi connectivity index (χ4v) is 4.83. The van der Waals surface area contributed by atoms with E-state index in [1.807, 2.05) is 0 Å². The molecule has 19 heavy (non-hydrogen) atoms. The van der Waals surface area contributed by atoms with Crippen molar-refractivity contribution in [2.24, 2.45) is 5.41 Å². The zero-order valence-corrected chi connectivity index (χ0v) is 12.3. The van der Waals surface area contributed by atoms with Crippen LogP contribution < -0.4 is 4.72 Å². The monoisotopic (exact) mass is 304 g/mol. The number of hydrogen-bond donors (Lipinski definition) is 2. The standard InChI is InChI=1S/C11H16N2O4S2/c1-7-12-6-9(18-7)19(16,17)13-8-4-3-5-11(8,2)10(14)15/h6,8,13H,3-5H2,1-2H3,(H,14,15). The summed E-state index contributed by atoms with van der Waals surface area (Å²) in [4.78, 5) is 15.2. The van der Waals surface area contributed by atoms with Gasteiger partial charge in [0.25, 0.3) is 10.0 Å². The van der Waals surface area contributed by atoms with Crippen molar-refractivity contribution in [3.05, 3.63) is 11.2 Å². The molecular formula is C11H16N2O4S2. The van der Waals surface area contributed by atoms with Crippen LogP contribution in [0.3, 0.4) is 0 Å². The summed E-state index contributed by atoms with van der Waals surface area (Å²) in [6.07, 6.45) is 3.03. The molecule has 2 atom stereocenters. The number of rotatable bonds is 4. The number of carboxylic acids is 1. The summed E-state index contributed by atoms with van der Waals surface area (Å²) >= 11 is 1.08.